The number of hydrogen-bond donors (Lipinski definition) is 0. The molecule has 0 aromatic heterocycles. The third-order valence-corrected chi connectivity index (χ3v) is 2.57. The smallest absolute Gasteiger partial charge is 0.168 e. The Morgan fingerprint density at radius 2 is 2.12 bits per heavy atom. The summed E-state index contributed by atoms with van der Waals surface area (Å²) in [7, 11) is 1.44. The van der Waals surface area contributed by atoms with Crippen molar-refractivity contribution >= 4 is 5.78 Å². The summed E-state index contributed by atoms with van der Waals surface area (Å²) in [5, 5.41) is 0. The second-order valence-electron chi connectivity index (χ2n) is 4.57. The van der Waals surface area contributed by atoms with Gasteiger partial charge < -0.3 is 4.74 Å². The standard InChI is InChI=1S/C14H19FO2/c1-10(2)9-12(16)8-7-11-5-4-6-13(17-3)14(11)15/h4-6,10H,7-9H2,1-3H3. The summed E-state index contributed by atoms with van der Waals surface area (Å²) in [6.45, 7) is 4.01. The van der Waals surface area contributed by atoms with E-state index in [0.717, 1.165) is 0 Å². The fourth-order valence-corrected chi connectivity index (χ4v) is 1.74. The van der Waals surface area contributed by atoms with Crippen LogP contribution in [0.4, 0.5) is 4.39 Å². The van der Waals surface area contributed by atoms with Gasteiger partial charge in [0, 0.05) is 12.8 Å². The summed E-state index contributed by atoms with van der Waals surface area (Å²) in [6, 6.07) is 5.01. The molecule has 1 rings (SSSR count). The number of methoxy groups -OCH3 is 1. The number of hydrogen-bond acceptors (Lipinski definition) is 2. The van der Waals surface area contributed by atoms with E-state index >= 15 is 0 Å². The van der Waals surface area contributed by atoms with Gasteiger partial charge in [0.1, 0.15) is 5.78 Å². The Balaban J connectivity index is 2.60. The van der Waals surface area contributed by atoms with E-state index in [0.29, 0.717) is 30.7 Å². The van der Waals surface area contributed by atoms with Gasteiger partial charge >= 0.3 is 0 Å². The van der Waals surface area contributed by atoms with Crippen molar-refractivity contribution in [2.75, 3.05) is 7.11 Å². The van der Waals surface area contributed by atoms with Crippen LogP contribution in [-0.4, -0.2) is 12.9 Å². The molecule has 0 fully saturated rings. The van der Waals surface area contributed by atoms with Crippen molar-refractivity contribution in [3.05, 3.63) is 29.6 Å². The second-order valence-corrected chi connectivity index (χ2v) is 4.57. The first-order valence-electron chi connectivity index (χ1n) is 5.87. The molecule has 0 aliphatic rings. The number of benzene rings is 1. The van der Waals surface area contributed by atoms with E-state index in [2.05, 4.69) is 0 Å². The highest BCUT2D eigenvalue weighted by Gasteiger charge is 2.11. The fraction of sp³-hybridized carbons (Fsp3) is 0.500. The van der Waals surface area contributed by atoms with Crippen LogP contribution in [-0.2, 0) is 11.2 Å². The van der Waals surface area contributed by atoms with Crippen molar-refractivity contribution in [1.82, 2.24) is 0 Å². The molecule has 0 saturated carbocycles. The van der Waals surface area contributed by atoms with E-state index in [1.165, 1.54) is 7.11 Å². The number of Topliss-reactive ketones (excluding diaryl/α,β-unsaturated/α-hetero) is 1. The highest BCUT2D eigenvalue weighted by Crippen LogP contribution is 2.21. The third kappa shape index (κ3) is 4.17. The van der Waals surface area contributed by atoms with Crippen LogP contribution in [0.1, 0.15) is 32.3 Å². The van der Waals surface area contributed by atoms with Crippen molar-refractivity contribution in [1.29, 1.82) is 0 Å². The monoisotopic (exact) mass is 238 g/mol. The molecule has 0 N–H and O–H groups in total. The van der Waals surface area contributed by atoms with Crippen LogP contribution in [0, 0.1) is 11.7 Å². The topological polar surface area (TPSA) is 26.3 Å². The summed E-state index contributed by atoms with van der Waals surface area (Å²) in [5.74, 6) is 0.422. The maximum atomic E-state index is 13.7. The maximum absolute atomic E-state index is 13.7. The lowest BCUT2D eigenvalue weighted by molar-refractivity contribution is -0.119. The normalized spacial score (nSPS) is 10.6. The largest absolute Gasteiger partial charge is 0.494 e. The molecule has 0 atom stereocenters. The van der Waals surface area contributed by atoms with Crippen LogP contribution in [0.3, 0.4) is 0 Å². The van der Waals surface area contributed by atoms with Gasteiger partial charge in [-0.3, -0.25) is 4.79 Å². The Morgan fingerprint density at radius 1 is 1.41 bits per heavy atom. The third-order valence-electron chi connectivity index (χ3n) is 2.57. The molecule has 0 aliphatic carbocycles. The van der Waals surface area contributed by atoms with Crippen molar-refractivity contribution in [3.63, 3.8) is 0 Å². The van der Waals surface area contributed by atoms with Crippen molar-refractivity contribution in [2.24, 2.45) is 5.92 Å². The lowest BCUT2D eigenvalue weighted by atomic mass is 10.0. The molecule has 0 spiro atoms. The number of halogens is 1. The summed E-state index contributed by atoms with van der Waals surface area (Å²) in [4.78, 5) is 11.5. The molecule has 0 unspecified atom stereocenters. The minimum absolute atomic E-state index is 0.183. The highest BCUT2D eigenvalue weighted by molar-refractivity contribution is 5.78. The van der Waals surface area contributed by atoms with Gasteiger partial charge in [0.25, 0.3) is 0 Å². The predicted octanol–water partition coefficient (Wildman–Crippen LogP) is 3.38. The Morgan fingerprint density at radius 3 is 2.71 bits per heavy atom. The van der Waals surface area contributed by atoms with Crippen molar-refractivity contribution < 1.29 is 13.9 Å². The molecule has 0 bridgehead atoms. The van der Waals surface area contributed by atoms with Crippen LogP contribution in [0.25, 0.3) is 0 Å². The lowest BCUT2D eigenvalue weighted by Crippen LogP contribution is -2.05. The van der Waals surface area contributed by atoms with Gasteiger partial charge in [-0.25, -0.2) is 4.39 Å². The van der Waals surface area contributed by atoms with Gasteiger partial charge in [-0.2, -0.15) is 0 Å². The Kier molecular flexibility index (Phi) is 5.13. The van der Waals surface area contributed by atoms with Crippen LogP contribution in [0.5, 0.6) is 5.75 Å². The SMILES string of the molecule is COc1cccc(CCC(=O)CC(C)C)c1F. The van der Waals surface area contributed by atoms with E-state index in [4.69, 9.17) is 4.74 Å². The molecule has 17 heavy (non-hydrogen) atoms. The molecule has 0 saturated heterocycles. The molecular formula is C14H19FO2. The Labute approximate surface area is 102 Å². The molecule has 94 valence electrons. The molecule has 1 aromatic carbocycles. The molecule has 0 radical (unpaired) electrons. The number of carbonyl (C=O) groups excluding carboxylic acids is 1. The lowest BCUT2D eigenvalue weighted by Gasteiger charge is -2.07. The average molecular weight is 238 g/mol. The molecule has 0 aliphatic heterocycles. The van der Waals surface area contributed by atoms with E-state index in [9.17, 15) is 9.18 Å². The van der Waals surface area contributed by atoms with Crippen molar-refractivity contribution in [3.8, 4) is 5.75 Å². The van der Waals surface area contributed by atoms with Crippen LogP contribution >= 0.6 is 0 Å². The Bertz CT molecular complexity index is 386. The minimum atomic E-state index is -0.354. The number of carbonyl (C=O) groups is 1. The average Bonchev–Trinajstić information content (AvgIpc) is 2.27. The zero-order valence-corrected chi connectivity index (χ0v) is 10.6. The zero-order chi connectivity index (χ0) is 12.8. The van der Waals surface area contributed by atoms with Gasteiger partial charge in [-0.15, -0.1) is 0 Å². The zero-order valence-electron chi connectivity index (χ0n) is 10.6. The first kappa shape index (κ1) is 13.7. The molecule has 0 heterocycles. The van der Waals surface area contributed by atoms with E-state index in [-0.39, 0.29) is 17.3 Å². The van der Waals surface area contributed by atoms with E-state index in [1.54, 1.807) is 18.2 Å². The number of ether oxygens (including phenoxy) is 1. The number of ketones is 1. The molecule has 0 amide bonds. The summed E-state index contributed by atoms with van der Waals surface area (Å²) in [6.07, 6.45) is 1.39. The molecule has 2 nitrogen and oxygen atoms in total. The van der Waals surface area contributed by atoms with E-state index < -0.39 is 0 Å². The van der Waals surface area contributed by atoms with Crippen LogP contribution < -0.4 is 4.74 Å². The first-order valence-corrected chi connectivity index (χ1v) is 5.87. The molecular weight excluding hydrogens is 219 g/mol. The van der Waals surface area contributed by atoms with Gasteiger partial charge in [-0.05, 0) is 24.0 Å². The minimum Gasteiger partial charge on any atom is -0.494 e. The molecule has 3 heteroatoms. The summed E-state index contributed by atoms with van der Waals surface area (Å²) >= 11 is 0. The number of aryl methyl sites for hydroxylation is 1. The van der Waals surface area contributed by atoms with Gasteiger partial charge in [0.2, 0.25) is 0 Å². The fourth-order valence-electron chi connectivity index (χ4n) is 1.74. The van der Waals surface area contributed by atoms with E-state index in [1.807, 2.05) is 13.8 Å². The maximum Gasteiger partial charge on any atom is 0.168 e. The summed E-state index contributed by atoms with van der Waals surface area (Å²) < 4.78 is 18.6. The van der Waals surface area contributed by atoms with Gasteiger partial charge in [-0.1, -0.05) is 26.0 Å². The predicted molar refractivity (Wildman–Crippen MR) is 65.7 cm³/mol. The highest BCUT2D eigenvalue weighted by atomic mass is 19.1. The molecule has 1 aromatic rings. The summed E-state index contributed by atoms with van der Waals surface area (Å²) in [5.41, 5.74) is 0.543. The van der Waals surface area contributed by atoms with Crippen LogP contribution in [0.2, 0.25) is 0 Å². The second kappa shape index (κ2) is 6.38. The first-order chi connectivity index (χ1) is 8.04. The van der Waals surface area contributed by atoms with Gasteiger partial charge in [0.05, 0.1) is 7.11 Å². The van der Waals surface area contributed by atoms with Gasteiger partial charge in [0.15, 0.2) is 11.6 Å². The van der Waals surface area contributed by atoms with Crippen molar-refractivity contribution in [2.45, 2.75) is 33.1 Å². The number of rotatable bonds is 6. The quantitative estimate of drug-likeness (QED) is 0.759. The Hall–Kier alpha value is -1.38. The van der Waals surface area contributed by atoms with Crippen LogP contribution in [0.15, 0.2) is 18.2 Å².